The third kappa shape index (κ3) is 2.12. The van der Waals surface area contributed by atoms with Gasteiger partial charge in [0.2, 0.25) is 0 Å². The van der Waals surface area contributed by atoms with E-state index in [9.17, 15) is 16.8 Å². The molecule has 1 saturated heterocycles. The molecule has 4 aliphatic carbocycles. The van der Waals surface area contributed by atoms with Crippen LogP contribution in [0.4, 0.5) is 0 Å². The Hall–Kier alpha value is -2.22. The highest BCUT2D eigenvalue weighted by Crippen LogP contribution is 2.85. The molecule has 34 heavy (non-hydrogen) atoms. The Morgan fingerprint density at radius 1 is 0.735 bits per heavy atom. The first-order chi connectivity index (χ1) is 16.2. The van der Waals surface area contributed by atoms with Gasteiger partial charge in [-0.15, -0.1) is 0 Å². The van der Waals surface area contributed by atoms with Crippen LogP contribution in [0.1, 0.15) is 20.3 Å². The zero-order valence-corrected chi connectivity index (χ0v) is 20.6. The fourth-order valence-electron chi connectivity index (χ4n) is 8.14. The molecule has 176 valence electrons. The molecule has 8 atom stereocenters. The predicted octanol–water partition coefficient (Wildman–Crippen LogP) is 3.98. The van der Waals surface area contributed by atoms with Gasteiger partial charge in [-0.25, -0.2) is 16.8 Å². The van der Waals surface area contributed by atoms with Crippen molar-refractivity contribution in [2.24, 2.45) is 23.7 Å². The maximum absolute atomic E-state index is 14.3. The summed E-state index contributed by atoms with van der Waals surface area (Å²) < 4.78 is 63.7. The third-order valence-electron chi connectivity index (χ3n) is 9.10. The Morgan fingerprint density at radius 3 is 1.53 bits per heavy atom. The molecule has 1 aliphatic heterocycles. The molecular weight excluding hydrogens is 468 g/mol. The molecule has 0 amide bonds. The van der Waals surface area contributed by atoms with E-state index < -0.39 is 53.2 Å². The van der Waals surface area contributed by atoms with Crippen molar-refractivity contribution in [2.75, 3.05) is 0 Å². The van der Waals surface area contributed by atoms with Crippen LogP contribution in [0.25, 0.3) is 0 Å². The number of fused-ring (bicyclic) bond motifs is 4. The minimum absolute atomic E-state index is 0.135. The molecule has 4 fully saturated rings. The van der Waals surface area contributed by atoms with Gasteiger partial charge in [-0.1, -0.05) is 59.7 Å². The second-order valence-electron chi connectivity index (χ2n) is 10.6. The lowest BCUT2D eigenvalue weighted by Crippen LogP contribution is -2.54. The van der Waals surface area contributed by atoms with E-state index in [1.807, 2.05) is 13.8 Å². The first kappa shape index (κ1) is 21.1. The number of epoxide rings is 1. The maximum atomic E-state index is 14.3. The van der Waals surface area contributed by atoms with Gasteiger partial charge in [0, 0.05) is 23.7 Å². The van der Waals surface area contributed by atoms with Crippen LogP contribution >= 0.6 is 0 Å². The minimum atomic E-state index is -3.96. The Kier molecular flexibility index (Phi) is 3.91. The highest BCUT2D eigenvalue weighted by Gasteiger charge is 2.96. The number of benzene rings is 2. The molecule has 0 N–H and O–H groups in total. The summed E-state index contributed by atoms with van der Waals surface area (Å²) in [6.07, 6.45) is 5.26. The van der Waals surface area contributed by atoms with Crippen molar-refractivity contribution in [3.05, 3.63) is 84.0 Å². The van der Waals surface area contributed by atoms with Crippen molar-refractivity contribution in [1.82, 2.24) is 0 Å². The Balaban J connectivity index is 1.52. The van der Waals surface area contributed by atoms with Gasteiger partial charge in [-0.2, -0.15) is 0 Å². The first-order valence-electron chi connectivity index (χ1n) is 11.8. The average molecular weight is 495 g/mol. The highest BCUT2D eigenvalue weighted by atomic mass is 32.2. The van der Waals surface area contributed by atoms with Crippen LogP contribution in [-0.2, 0) is 24.4 Å². The fourth-order valence-corrected chi connectivity index (χ4v) is 13.2. The van der Waals surface area contributed by atoms with Crippen LogP contribution < -0.4 is 0 Å². The minimum Gasteiger partial charge on any atom is -0.360 e. The summed E-state index contributed by atoms with van der Waals surface area (Å²) in [6.45, 7) is 3.98. The van der Waals surface area contributed by atoms with Gasteiger partial charge in [-0.05, 0) is 44.5 Å². The monoisotopic (exact) mass is 494 g/mol. The van der Waals surface area contributed by atoms with Crippen LogP contribution in [0.15, 0.2) is 93.8 Å². The normalized spacial score (nSPS) is 40.9. The summed E-state index contributed by atoms with van der Waals surface area (Å²) in [6, 6.07) is 16.6. The van der Waals surface area contributed by atoms with Crippen LogP contribution in [0, 0.1) is 23.7 Å². The third-order valence-corrected chi connectivity index (χ3v) is 13.7. The molecule has 2 aromatic carbocycles. The van der Waals surface area contributed by atoms with Gasteiger partial charge < -0.3 is 4.74 Å². The lowest BCUT2D eigenvalue weighted by molar-refractivity contribution is 0.123. The standard InChI is InChI=1S/C27H26O5S2/c1-16(2)21-22-24(33(28,29)19-9-5-3-6-10-19)25(34(30,31)20-11-7-4-8-12-20)23(21)27-18-14-13-17(15-18)26(22,27)32-27/h3-14,17-18,22-25H,15H2,1-2H3/t17-,18-,22-,23-,24-,25+,26-,27+/m0/s1. The second kappa shape index (κ2) is 6.31. The van der Waals surface area contributed by atoms with Gasteiger partial charge in [0.15, 0.2) is 19.7 Å². The molecule has 2 aromatic rings. The Labute approximate surface area is 200 Å². The SMILES string of the molecule is CC(C)=C1[C@H]2[C@@H](S(=O)(=O)c3ccccc3)[C@@H](S(=O)(=O)c3ccccc3)[C@H]1[C@]13O[C@]21[C@H]1C=C[C@H]3C1. The Morgan fingerprint density at radius 2 is 1.15 bits per heavy atom. The van der Waals surface area contributed by atoms with Crippen LogP contribution in [0.5, 0.6) is 0 Å². The van der Waals surface area contributed by atoms with Crippen LogP contribution in [0.3, 0.4) is 0 Å². The van der Waals surface area contributed by atoms with Crippen molar-refractivity contribution in [3.8, 4) is 0 Å². The summed E-state index contributed by atoms with van der Waals surface area (Å²) in [5.41, 5.74) is 0.821. The molecule has 0 spiro atoms. The van der Waals surface area contributed by atoms with Crippen molar-refractivity contribution < 1.29 is 21.6 Å². The molecule has 5 aliphatic rings. The number of ether oxygens (including phenoxy) is 1. The van der Waals surface area contributed by atoms with E-state index in [-0.39, 0.29) is 21.6 Å². The quantitative estimate of drug-likeness (QED) is 0.474. The molecule has 0 aromatic heterocycles. The second-order valence-corrected chi connectivity index (χ2v) is 14.8. The summed E-state index contributed by atoms with van der Waals surface area (Å²) in [4.78, 5) is 0.352. The molecule has 0 radical (unpaired) electrons. The van der Waals surface area contributed by atoms with E-state index in [2.05, 4.69) is 12.2 Å². The molecule has 5 nitrogen and oxygen atoms in total. The van der Waals surface area contributed by atoms with Crippen molar-refractivity contribution in [3.63, 3.8) is 0 Å². The largest absolute Gasteiger partial charge is 0.360 e. The van der Waals surface area contributed by atoms with E-state index >= 15 is 0 Å². The molecule has 7 rings (SSSR count). The number of rotatable bonds is 4. The zero-order chi connectivity index (χ0) is 23.7. The Bertz CT molecular complexity index is 1380. The molecule has 3 saturated carbocycles. The topological polar surface area (TPSA) is 80.8 Å². The lowest BCUT2D eigenvalue weighted by Gasteiger charge is -2.36. The molecule has 0 unspecified atom stereocenters. The van der Waals surface area contributed by atoms with Gasteiger partial charge in [0.25, 0.3) is 0 Å². The van der Waals surface area contributed by atoms with E-state index in [4.69, 9.17) is 4.74 Å². The van der Waals surface area contributed by atoms with Gasteiger partial charge in [-0.3, -0.25) is 0 Å². The van der Waals surface area contributed by atoms with Gasteiger partial charge in [0.1, 0.15) is 11.2 Å². The highest BCUT2D eigenvalue weighted by molar-refractivity contribution is 7.96. The molecule has 7 heteroatoms. The van der Waals surface area contributed by atoms with Crippen LogP contribution in [0.2, 0.25) is 0 Å². The summed E-state index contributed by atoms with van der Waals surface area (Å²) in [5.74, 6) is -0.654. The zero-order valence-electron chi connectivity index (χ0n) is 19.0. The number of hydrogen-bond donors (Lipinski definition) is 0. The van der Waals surface area contributed by atoms with Crippen molar-refractivity contribution >= 4 is 19.7 Å². The number of sulfone groups is 2. The smallest absolute Gasteiger partial charge is 0.183 e. The van der Waals surface area contributed by atoms with Gasteiger partial charge >= 0.3 is 0 Å². The maximum Gasteiger partial charge on any atom is 0.183 e. The van der Waals surface area contributed by atoms with Crippen molar-refractivity contribution in [1.29, 1.82) is 0 Å². The molecule has 1 heterocycles. The summed E-state index contributed by atoms with van der Waals surface area (Å²) in [5, 5.41) is -2.17. The number of allylic oxidation sites excluding steroid dienone is 1. The predicted molar refractivity (Wildman–Crippen MR) is 127 cm³/mol. The van der Waals surface area contributed by atoms with E-state index in [1.54, 1.807) is 60.7 Å². The average Bonchev–Trinajstić information content (AvgIpc) is 3.16. The van der Waals surface area contributed by atoms with E-state index in [1.165, 1.54) is 0 Å². The van der Waals surface area contributed by atoms with E-state index in [0.717, 1.165) is 17.6 Å². The molecule has 4 bridgehead atoms. The van der Waals surface area contributed by atoms with Crippen LogP contribution in [-0.4, -0.2) is 38.5 Å². The molecular formula is C27H26O5S2. The fraction of sp³-hybridized carbons (Fsp3) is 0.407. The first-order valence-corrected chi connectivity index (χ1v) is 14.9. The van der Waals surface area contributed by atoms with Gasteiger partial charge in [0.05, 0.1) is 20.3 Å². The van der Waals surface area contributed by atoms with Crippen molar-refractivity contribution in [2.45, 2.75) is 51.8 Å². The lowest BCUT2D eigenvalue weighted by atomic mass is 9.73. The van der Waals surface area contributed by atoms with E-state index in [0.29, 0.717) is 0 Å². The summed E-state index contributed by atoms with van der Waals surface area (Å²) in [7, 11) is -7.93. The summed E-state index contributed by atoms with van der Waals surface area (Å²) >= 11 is 0. The number of hydrogen-bond acceptors (Lipinski definition) is 5.